The minimum Gasteiger partial charge on any atom is -0.348 e. The summed E-state index contributed by atoms with van der Waals surface area (Å²) in [4.78, 5) is 12.4. The molecular formula is C17H25ClN2OS2. The number of rotatable bonds is 3. The van der Waals surface area contributed by atoms with Crippen molar-refractivity contribution in [1.29, 1.82) is 0 Å². The molecule has 1 amide bonds. The van der Waals surface area contributed by atoms with E-state index in [1.165, 1.54) is 23.5 Å². The van der Waals surface area contributed by atoms with Gasteiger partial charge in [0.2, 0.25) is 0 Å². The van der Waals surface area contributed by atoms with E-state index in [4.69, 9.17) is 0 Å². The van der Waals surface area contributed by atoms with Crippen LogP contribution < -0.4 is 10.6 Å². The smallest absolute Gasteiger partial charge is 0.251 e. The molecule has 2 atom stereocenters. The van der Waals surface area contributed by atoms with E-state index in [2.05, 4.69) is 29.7 Å². The minimum atomic E-state index is 0. The fourth-order valence-electron chi connectivity index (χ4n) is 2.91. The third-order valence-electron chi connectivity index (χ3n) is 4.42. The molecule has 0 spiro atoms. The van der Waals surface area contributed by atoms with E-state index < -0.39 is 0 Å². The van der Waals surface area contributed by atoms with E-state index in [1.54, 1.807) is 0 Å². The molecule has 1 aromatic rings. The predicted octanol–water partition coefficient (Wildman–Crippen LogP) is 3.70. The average molecular weight is 373 g/mol. The van der Waals surface area contributed by atoms with Crippen LogP contribution in [0.4, 0.5) is 0 Å². The molecule has 0 aliphatic carbocycles. The van der Waals surface area contributed by atoms with Crippen molar-refractivity contribution in [2.24, 2.45) is 5.92 Å². The normalized spacial score (nSPS) is 25.4. The first kappa shape index (κ1) is 19.0. The summed E-state index contributed by atoms with van der Waals surface area (Å²) in [7, 11) is 0. The lowest BCUT2D eigenvalue weighted by atomic mass is 9.94. The van der Waals surface area contributed by atoms with Crippen LogP contribution in [0.5, 0.6) is 0 Å². The Morgan fingerprint density at radius 2 is 1.91 bits per heavy atom. The first-order valence-corrected chi connectivity index (χ1v) is 10.2. The maximum atomic E-state index is 12.4. The van der Waals surface area contributed by atoms with Gasteiger partial charge in [-0.3, -0.25) is 4.79 Å². The van der Waals surface area contributed by atoms with Crippen molar-refractivity contribution in [2.75, 3.05) is 24.6 Å². The highest BCUT2D eigenvalue weighted by molar-refractivity contribution is 8.16. The Morgan fingerprint density at radius 3 is 2.57 bits per heavy atom. The van der Waals surface area contributed by atoms with Crippen LogP contribution in [0.3, 0.4) is 0 Å². The molecule has 0 aromatic heterocycles. The van der Waals surface area contributed by atoms with Crippen molar-refractivity contribution < 1.29 is 4.79 Å². The quantitative estimate of drug-likeness (QED) is 0.848. The van der Waals surface area contributed by atoms with E-state index in [1.807, 2.05) is 35.7 Å². The van der Waals surface area contributed by atoms with Crippen LogP contribution in [0.15, 0.2) is 24.3 Å². The highest BCUT2D eigenvalue weighted by Crippen LogP contribution is 2.43. The number of halogens is 1. The van der Waals surface area contributed by atoms with Crippen LogP contribution in [0.1, 0.15) is 40.3 Å². The van der Waals surface area contributed by atoms with E-state index >= 15 is 0 Å². The number of thioether (sulfide) groups is 2. The maximum Gasteiger partial charge on any atom is 0.251 e. The van der Waals surface area contributed by atoms with Gasteiger partial charge in [0.15, 0.2) is 0 Å². The van der Waals surface area contributed by atoms with Crippen molar-refractivity contribution in [3.05, 3.63) is 35.4 Å². The number of piperidine rings is 1. The number of hydrogen-bond acceptors (Lipinski definition) is 4. The summed E-state index contributed by atoms with van der Waals surface area (Å²) in [5.41, 5.74) is 2.10. The summed E-state index contributed by atoms with van der Waals surface area (Å²) in [6.45, 7) is 4.14. The number of benzene rings is 1. The summed E-state index contributed by atoms with van der Waals surface area (Å²) < 4.78 is 0.536. The molecule has 2 fully saturated rings. The van der Waals surface area contributed by atoms with Crippen LogP contribution in [-0.4, -0.2) is 36.5 Å². The summed E-state index contributed by atoms with van der Waals surface area (Å²) in [6.07, 6.45) is 2.43. The highest BCUT2D eigenvalue weighted by Gasteiger charge is 2.23. The Morgan fingerprint density at radius 1 is 1.22 bits per heavy atom. The summed E-state index contributed by atoms with van der Waals surface area (Å²) in [5.74, 6) is 3.08. The average Bonchev–Trinajstić information content (AvgIpc) is 2.58. The van der Waals surface area contributed by atoms with Gasteiger partial charge < -0.3 is 10.6 Å². The Bertz CT molecular complexity index is 506. The largest absolute Gasteiger partial charge is 0.348 e. The van der Waals surface area contributed by atoms with E-state index in [-0.39, 0.29) is 24.4 Å². The summed E-state index contributed by atoms with van der Waals surface area (Å²) in [6, 6.07) is 8.43. The van der Waals surface area contributed by atoms with E-state index in [0.29, 0.717) is 10.5 Å². The lowest BCUT2D eigenvalue weighted by Gasteiger charge is -2.30. The molecule has 2 aliphatic rings. The monoisotopic (exact) mass is 372 g/mol. The van der Waals surface area contributed by atoms with Gasteiger partial charge in [-0.25, -0.2) is 0 Å². The van der Waals surface area contributed by atoms with Crippen LogP contribution in [0.2, 0.25) is 0 Å². The second-order valence-electron chi connectivity index (χ2n) is 6.10. The molecule has 2 heterocycles. The first-order chi connectivity index (χ1) is 10.7. The van der Waals surface area contributed by atoms with Crippen LogP contribution in [0, 0.1) is 5.92 Å². The van der Waals surface area contributed by atoms with Crippen molar-refractivity contribution >= 4 is 41.8 Å². The highest BCUT2D eigenvalue weighted by atomic mass is 35.5. The first-order valence-electron chi connectivity index (χ1n) is 8.09. The maximum absolute atomic E-state index is 12.4. The molecule has 2 N–H and O–H groups in total. The molecule has 2 unspecified atom stereocenters. The molecule has 0 radical (unpaired) electrons. The van der Waals surface area contributed by atoms with Gasteiger partial charge >= 0.3 is 0 Å². The van der Waals surface area contributed by atoms with Crippen LogP contribution >= 0.6 is 35.9 Å². The zero-order valence-electron chi connectivity index (χ0n) is 13.4. The molecule has 3 nitrogen and oxygen atoms in total. The zero-order valence-corrected chi connectivity index (χ0v) is 15.9. The fraction of sp³-hybridized carbons (Fsp3) is 0.588. The molecule has 1 aromatic carbocycles. The van der Waals surface area contributed by atoms with Crippen molar-refractivity contribution in [3.8, 4) is 0 Å². The van der Waals surface area contributed by atoms with Crippen molar-refractivity contribution in [2.45, 2.75) is 30.4 Å². The number of carbonyl (C=O) groups excluding carboxylic acids is 1. The molecule has 2 saturated heterocycles. The summed E-state index contributed by atoms with van der Waals surface area (Å²) in [5, 5.41) is 6.53. The fourth-order valence-corrected chi connectivity index (χ4v) is 5.80. The number of hydrogen-bond donors (Lipinski definition) is 2. The van der Waals surface area contributed by atoms with Gasteiger partial charge in [-0.2, -0.15) is 0 Å². The molecule has 128 valence electrons. The number of amides is 1. The molecule has 2 aliphatic heterocycles. The van der Waals surface area contributed by atoms with Crippen LogP contribution in [-0.2, 0) is 0 Å². The molecule has 0 bridgehead atoms. The predicted molar refractivity (Wildman–Crippen MR) is 104 cm³/mol. The number of carbonyl (C=O) groups is 1. The Kier molecular flexibility index (Phi) is 7.60. The van der Waals surface area contributed by atoms with Gasteiger partial charge in [0.25, 0.3) is 5.91 Å². The minimum absolute atomic E-state index is 0. The SMILES string of the molecule is CC1CCNCC1NC(=O)c1ccc(C2SCCCS2)cc1.Cl. The van der Waals surface area contributed by atoms with Crippen molar-refractivity contribution in [1.82, 2.24) is 10.6 Å². The van der Waals surface area contributed by atoms with E-state index in [0.717, 1.165) is 25.1 Å². The molecule has 23 heavy (non-hydrogen) atoms. The third kappa shape index (κ3) is 5.05. The van der Waals surface area contributed by atoms with Gasteiger partial charge in [0.1, 0.15) is 0 Å². The summed E-state index contributed by atoms with van der Waals surface area (Å²) >= 11 is 4.03. The Labute approximate surface area is 153 Å². The number of nitrogens with one attached hydrogen (secondary N) is 2. The standard InChI is InChI=1S/C17H24N2OS2.ClH/c1-12-7-8-18-11-15(12)19-16(20)13-3-5-14(6-4-13)17-21-9-2-10-22-17;/h3-6,12,15,17-18H,2,7-11H2,1H3,(H,19,20);1H. The second kappa shape index (κ2) is 9.21. The van der Waals surface area contributed by atoms with E-state index in [9.17, 15) is 4.79 Å². The molecule has 3 rings (SSSR count). The molecule has 0 saturated carbocycles. The van der Waals surface area contributed by atoms with Gasteiger partial charge in [-0.15, -0.1) is 35.9 Å². The molecule has 6 heteroatoms. The van der Waals surface area contributed by atoms with Gasteiger partial charge in [0.05, 0.1) is 4.58 Å². The Balaban J connectivity index is 0.00000192. The topological polar surface area (TPSA) is 41.1 Å². The zero-order chi connectivity index (χ0) is 15.4. The van der Waals surface area contributed by atoms with Crippen molar-refractivity contribution in [3.63, 3.8) is 0 Å². The van der Waals surface area contributed by atoms with Gasteiger partial charge in [0, 0.05) is 18.2 Å². The van der Waals surface area contributed by atoms with Gasteiger partial charge in [-0.05, 0) is 54.5 Å². The van der Waals surface area contributed by atoms with Gasteiger partial charge in [-0.1, -0.05) is 19.1 Å². The lowest BCUT2D eigenvalue weighted by molar-refractivity contribution is 0.0915. The lowest BCUT2D eigenvalue weighted by Crippen LogP contribution is -2.50. The Hall–Kier alpha value is -0.360. The second-order valence-corrected chi connectivity index (χ2v) is 8.82. The molecular weight excluding hydrogens is 348 g/mol. The third-order valence-corrected chi connectivity index (χ3v) is 7.43. The van der Waals surface area contributed by atoms with Crippen LogP contribution in [0.25, 0.3) is 0 Å².